The van der Waals surface area contributed by atoms with Gasteiger partial charge in [0.25, 0.3) is 11.7 Å². The summed E-state index contributed by atoms with van der Waals surface area (Å²) in [4.78, 5) is 30.1. The summed E-state index contributed by atoms with van der Waals surface area (Å²) in [5, 5.41) is 11.4. The molecule has 2 aromatic carbocycles. The molecule has 1 amide bonds. The molecule has 1 atom stereocenters. The molecule has 10 nitrogen and oxygen atoms in total. The van der Waals surface area contributed by atoms with Crippen LogP contribution < -0.4 is 23.7 Å². The van der Waals surface area contributed by atoms with Crippen molar-refractivity contribution in [3.8, 4) is 28.7 Å². The Morgan fingerprint density at radius 3 is 2.24 bits per heavy atom. The second-order valence-electron chi connectivity index (χ2n) is 8.97. The van der Waals surface area contributed by atoms with E-state index in [1.165, 1.54) is 26.2 Å². The summed E-state index contributed by atoms with van der Waals surface area (Å²) >= 11 is 0. The number of hydrogen-bond acceptors (Lipinski definition) is 9. The van der Waals surface area contributed by atoms with Crippen LogP contribution in [0.2, 0.25) is 0 Å². The van der Waals surface area contributed by atoms with E-state index in [1.54, 1.807) is 30.3 Å². The van der Waals surface area contributed by atoms with Gasteiger partial charge in [0, 0.05) is 12.1 Å². The molecule has 1 N–H and O–H groups in total. The minimum Gasteiger partial charge on any atom is -0.507 e. The van der Waals surface area contributed by atoms with Crippen molar-refractivity contribution >= 4 is 17.4 Å². The molecule has 198 valence electrons. The van der Waals surface area contributed by atoms with Crippen LogP contribution >= 0.6 is 0 Å². The fourth-order valence-corrected chi connectivity index (χ4v) is 4.62. The third-order valence-corrected chi connectivity index (χ3v) is 6.36. The lowest BCUT2D eigenvalue weighted by molar-refractivity contribution is -0.139. The highest BCUT2D eigenvalue weighted by Gasteiger charge is 2.46. The van der Waals surface area contributed by atoms with E-state index in [1.807, 2.05) is 19.0 Å². The zero-order valence-electron chi connectivity index (χ0n) is 21.7. The first-order valence-corrected chi connectivity index (χ1v) is 11.9. The number of Topliss-reactive ketones (excluding diaryl/α,β-unsaturated/α-hetero) is 1. The van der Waals surface area contributed by atoms with Gasteiger partial charge in [0.15, 0.2) is 23.0 Å². The maximum Gasteiger partial charge on any atom is 0.295 e. The third-order valence-electron chi connectivity index (χ3n) is 6.36. The fourth-order valence-electron chi connectivity index (χ4n) is 4.62. The largest absolute Gasteiger partial charge is 0.507 e. The summed E-state index contributed by atoms with van der Waals surface area (Å²) in [7, 11) is 8.35. The van der Waals surface area contributed by atoms with Gasteiger partial charge in [-0.2, -0.15) is 0 Å². The first-order valence-electron chi connectivity index (χ1n) is 11.9. The average molecular weight is 513 g/mol. The van der Waals surface area contributed by atoms with Crippen LogP contribution in [0.4, 0.5) is 0 Å². The minimum atomic E-state index is -0.871. The third kappa shape index (κ3) is 5.01. The van der Waals surface area contributed by atoms with Crippen molar-refractivity contribution in [1.82, 2.24) is 9.80 Å². The Bertz CT molecular complexity index is 1200. The molecule has 0 bridgehead atoms. The normalized spacial score (nSPS) is 18.3. The van der Waals surface area contributed by atoms with Crippen molar-refractivity contribution in [2.75, 3.05) is 61.7 Å². The number of fused-ring (bicyclic) bond motifs is 1. The Morgan fingerprint density at radius 2 is 1.65 bits per heavy atom. The molecule has 0 radical (unpaired) electrons. The first-order chi connectivity index (χ1) is 17.8. The van der Waals surface area contributed by atoms with Gasteiger partial charge in [0.05, 0.1) is 32.9 Å². The van der Waals surface area contributed by atoms with Crippen molar-refractivity contribution in [1.29, 1.82) is 0 Å². The van der Waals surface area contributed by atoms with Crippen molar-refractivity contribution in [2.45, 2.75) is 12.5 Å². The van der Waals surface area contributed by atoms with Gasteiger partial charge < -0.3 is 38.6 Å². The highest BCUT2D eigenvalue weighted by atomic mass is 16.6. The predicted octanol–water partition coefficient (Wildman–Crippen LogP) is 2.86. The van der Waals surface area contributed by atoms with E-state index in [0.29, 0.717) is 72.6 Å². The molecule has 10 heteroatoms. The molecule has 2 aromatic rings. The van der Waals surface area contributed by atoms with Gasteiger partial charge in [-0.15, -0.1) is 0 Å². The number of rotatable bonds is 9. The van der Waals surface area contributed by atoms with Crippen LogP contribution in [-0.2, 0) is 9.59 Å². The van der Waals surface area contributed by atoms with Gasteiger partial charge >= 0.3 is 0 Å². The summed E-state index contributed by atoms with van der Waals surface area (Å²) < 4.78 is 27.7. The number of aliphatic hydroxyl groups is 1. The zero-order chi connectivity index (χ0) is 26.7. The molecule has 2 aliphatic rings. The van der Waals surface area contributed by atoms with Gasteiger partial charge in [0.1, 0.15) is 19.0 Å². The lowest BCUT2D eigenvalue weighted by Gasteiger charge is -2.27. The van der Waals surface area contributed by atoms with E-state index in [4.69, 9.17) is 23.7 Å². The highest BCUT2D eigenvalue weighted by Crippen LogP contribution is 2.46. The number of ketones is 1. The van der Waals surface area contributed by atoms with Crippen LogP contribution in [-0.4, -0.2) is 88.3 Å². The number of methoxy groups -OCH3 is 3. The number of aliphatic hydroxyl groups excluding tert-OH is 1. The number of carbonyl (C=O) groups is 2. The minimum absolute atomic E-state index is 0.0270. The smallest absolute Gasteiger partial charge is 0.295 e. The summed E-state index contributed by atoms with van der Waals surface area (Å²) in [5.41, 5.74) is 0.853. The molecule has 2 aliphatic heterocycles. The summed E-state index contributed by atoms with van der Waals surface area (Å²) in [6.45, 7) is 1.82. The Morgan fingerprint density at radius 1 is 1.00 bits per heavy atom. The quantitative estimate of drug-likeness (QED) is 0.308. The van der Waals surface area contributed by atoms with Crippen molar-refractivity contribution in [3.05, 3.63) is 47.0 Å². The lowest BCUT2D eigenvalue weighted by Crippen LogP contribution is -2.32. The molecule has 0 aromatic heterocycles. The van der Waals surface area contributed by atoms with E-state index in [-0.39, 0.29) is 11.3 Å². The standard InChI is InChI=1S/C27H32N2O8/c1-28(2)9-6-10-29-23(17-14-20(33-3)26(35-5)21(15-17)34-4)22(25(31)27(29)32)24(30)16-7-8-18-19(13-16)37-12-11-36-18/h7-8,13-15,23,30H,6,9-12H2,1-5H3/t23-/m1/s1. The van der Waals surface area contributed by atoms with Crippen LogP contribution in [0.1, 0.15) is 23.6 Å². The zero-order valence-corrected chi connectivity index (χ0v) is 21.7. The van der Waals surface area contributed by atoms with Gasteiger partial charge in [-0.3, -0.25) is 9.59 Å². The highest BCUT2D eigenvalue weighted by molar-refractivity contribution is 6.46. The van der Waals surface area contributed by atoms with E-state index in [9.17, 15) is 14.7 Å². The van der Waals surface area contributed by atoms with E-state index in [0.717, 1.165) is 0 Å². The molecule has 0 saturated carbocycles. The fraction of sp³-hybridized carbons (Fsp3) is 0.407. The first kappa shape index (κ1) is 26.2. The molecular formula is C27H32N2O8. The van der Waals surface area contributed by atoms with Crippen LogP contribution in [0.15, 0.2) is 35.9 Å². The van der Waals surface area contributed by atoms with Gasteiger partial charge in [-0.1, -0.05) is 0 Å². The molecule has 37 heavy (non-hydrogen) atoms. The molecule has 4 rings (SSSR count). The van der Waals surface area contributed by atoms with Gasteiger partial charge in [0.2, 0.25) is 5.75 Å². The number of benzene rings is 2. The van der Waals surface area contributed by atoms with Gasteiger partial charge in [-0.05, 0) is 63.0 Å². The van der Waals surface area contributed by atoms with E-state index in [2.05, 4.69) is 0 Å². The summed E-state index contributed by atoms with van der Waals surface area (Å²) in [6, 6.07) is 7.42. The number of carbonyl (C=O) groups excluding carboxylic acids is 2. The average Bonchev–Trinajstić information content (AvgIpc) is 3.16. The van der Waals surface area contributed by atoms with Gasteiger partial charge in [-0.25, -0.2) is 0 Å². The van der Waals surface area contributed by atoms with Crippen LogP contribution in [0.3, 0.4) is 0 Å². The van der Waals surface area contributed by atoms with E-state index < -0.39 is 17.7 Å². The molecule has 2 heterocycles. The maximum atomic E-state index is 13.4. The number of nitrogens with zero attached hydrogens (tertiary/aromatic N) is 2. The Labute approximate surface area is 215 Å². The molecule has 0 unspecified atom stereocenters. The Balaban J connectivity index is 1.87. The maximum absolute atomic E-state index is 13.4. The Hall–Kier alpha value is -3.92. The molecule has 1 saturated heterocycles. The summed E-state index contributed by atoms with van der Waals surface area (Å²) in [5.74, 6) is 0.375. The van der Waals surface area contributed by atoms with Crippen molar-refractivity contribution in [2.24, 2.45) is 0 Å². The SMILES string of the molecule is COc1cc([C@@H]2C(=C(O)c3ccc4c(c3)OCCO4)C(=O)C(=O)N2CCCN(C)C)cc(OC)c1OC. The number of ether oxygens (including phenoxy) is 5. The molecule has 1 fully saturated rings. The van der Waals surface area contributed by atoms with Crippen LogP contribution in [0.5, 0.6) is 28.7 Å². The van der Waals surface area contributed by atoms with Crippen LogP contribution in [0, 0.1) is 0 Å². The second-order valence-corrected chi connectivity index (χ2v) is 8.97. The lowest BCUT2D eigenvalue weighted by atomic mass is 9.94. The Kier molecular flexibility index (Phi) is 7.77. The second kappa shape index (κ2) is 11.0. The number of likely N-dealkylation sites (tertiary alicyclic amines) is 1. The molecular weight excluding hydrogens is 480 g/mol. The van der Waals surface area contributed by atoms with E-state index >= 15 is 0 Å². The summed E-state index contributed by atoms with van der Waals surface area (Å²) in [6.07, 6.45) is 0.630. The topological polar surface area (TPSA) is 107 Å². The number of hydrogen-bond donors (Lipinski definition) is 1. The van der Waals surface area contributed by atoms with Crippen molar-refractivity contribution in [3.63, 3.8) is 0 Å². The number of amides is 1. The predicted molar refractivity (Wildman–Crippen MR) is 136 cm³/mol. The molecule has 0 spiro atoms. The van der Waals surface area contributed by atoms with Crippen molar-refractivity contribution < 1.29 is 38.4 Å². The molecule has 0 aliphatic carbocycles. The monoisotopic (exact) mass is 512 g/mol. The van der Waals surface area contributed by atoms with Crippen LogP contribution in [0.25, 0.3) is 5.76 Å².